The normalized spacial score (nSPS) is 28.8. The number of fused-ring (bicyclic) bond motifs is 2. The van der Waals surface area contributed by atoms with Crippen molar-refractivity contribution in [2.24, 2.45) is 0 Å². The van der Waals surface area contributed by atoms with Gasteiger partial charge in [0, 0.05) is 44.2 Å². The summed E-state index contributed by atoms with van der Waals surface area (Å²) in [6, 6.07) is 12.4. The number of hydrogen-bond acceptors (Lipinski definition) is 3. The molecular formula is C23H28Cl2F2N2O. The number of piperidine rings is 1. The van der Waals surface area contributed by atoms with Crippen LogP contribution < -0.4 is 0 Å². The molecule has 0 radical (unpaired) electrons. The van der Waals surface area contributed by atoms with Crippen LogP contribution in [0.3, 0.4) is 0 Å². The Hall–Kier alpha value is -1.24. The molecule has 2 aliphatic heterocycles. The van der Waals surface area contributed by atoms with Crippen molar-refractivity contribution in [3.8, 4) is 0 Å². The molecule has 2 aromatic rings. The zero-order chi connectivity index (χ0) is 19.3. The molecule has 2 aromatic carbocycles. The second-order valence-corrected chi connectivity index (χ2v) is 8.49. The third kappa shape index (κ3) is 4.37. The van der Waals surface area contributed by atoms with E-state index in [2.05, 4.69) is 9.80 Å². The van der Waals surface area contributed by atoms with Crippen molar-refractivity contribution in [3.05, 3.63) is 70.8 Å². The fourth-order valence-corrected chi connectivity index (χ4v) is 5.45. The Morgan fingerprint density at radius 3 is 2.27 bits per heavy atom. The van der Waals surface area contributed by atoms with Gasteiger partial charge in [0.1, 0.15) is 11.6 Å². The van der Waals surface area contributed by atoms with Crippen LogP contribution in [0.15, 0.2) is 42.5 Å². The Kier molecular flexibility index (Phi) is 7.41. The quantitative estimate of drug-likeness (QED) is 0.718. The zero-order valence-electron chi connectivity index (χ0n) is 16.7. The second kappa shape index (κ2) is 9.49. The van der Waals surface area contributed by atoms with Gasteiger partial charge in [-0.05, 0) is 60.2 Å². The summed E-state index contributed by atoms with van der Waals surface area (Å²) in [4.78, 5) is 4.96. The van der Waals surface area contributed by atoms with E-state index < -0.39 is 0 Å². The predicted octanol–water partition coefficient (Wildman–Crippen LogP) is 4.53. The summed E-state index contributed by atoms with van der Waals surface area (Å²) in [6.07, 6.45) is 2.36. The Balaban J connectivity index is 0.00000128. The van der Waals surface area contributed by atoms with Crippen molar-refractivity contribution in [1.29, 1.82) is 0 Å². The fourth-order valence-electron chi connectivity index (χ4n) is 5.45. The van der Waals surface area contributed by atoms with Crippen molar-refractivity contribution in [3.63, 3.8) is 0 Å². The van der Waals surface area contributed by atoms with Gasteiger partial charge < -0.3 is 5.11 Å². The smallest absolute Gasteiger partial charge is 0.123 e. The summed E-state index contributed by atoms with van der Waals surface area (Å²) in [7, 11) is 0. The topological polar surface area (TPSA) is 26.7 Å². The Morgan fingerprint density at radius 1 is 0.800 bits per heavy atom. The first-order chi connectivity index (χ1) is 13.6. The van der Waals surface area contributed by atoms with Gasteiger partial charge in [-0.1, -0.05) is 18.2 Å². The number of hydrogen-bond donors (Lipinski definition) is 1. The first-order valence-corrected chi connectivity index (χ1v) is 10.3. The predicted molar refractivity (Wildman–Crippen MR) is 119 cm³/mol. The Labute approximate surface area is 188 Å². The van der Waals surface area contributed by atoms with Gasteiger partial charge in [-0.25, -0.2) is 8.78 Å². The van der Waals surface area contributed by atoms with Gasteiger partial charge >= 0.3 is 0 Å². The molecule has 4 unspecified atom stereocenters. The van der Waals surface area contributed by atoms with Crippen LogP contribution in [0.25, 0.3) is 0 Å². The lowest BCUT2D eigenvalue weighted by molar-refractivity contribution is -0.0169. The van der Waals surface area contributed by atoms with Crippen LogP contribution in [0, 0.1) is 11.6 Å². The minimum Gasteiger partial charge on any atom is -0.393 e. The number of aliphatic hydroxyl groups is 1. The third-order valence-corrected chi connectivity index (χ3v) is 6.89. The number of aliphatic hydroxyl groups excluding tert-OH is 1. The molecular weight excluding hydrogens is 429 g/mol. The van der Waals surface area contributed by atoms with E-state index in [0.29, 0.717) is 6.04 Å². The van der Waals surface area contributed by atoms with Crippen molar-refractivity contribution >= 4 is 24.8 Å². The molecule has 0 aromatic heterocycles. The molecule has 4 atom stereocenters. The minimum atomic E-state index is -0.232. The molecule has 164 valence electrons. The summed E-state index contributed by atoms with van der Waals surface area (Å²) in [5.74, 6) is -0.268. The van der Waals surface area contributed by atoms with Crippen LogP contribution >= 0.6 is 24.8 Å². The van der Waals surface area contributed by atoms with E-state index in [4.69, 9.17) is 0 Å². The average molecular weight is 457 g/mol. The van der Waals surface area contributed by atoms with E-state index in [9.17, 15) is 13.9 Å². The van der Waals surface area contributed by atoms with Crippen molar-refractivity contribution in [2.45, 2.75) is 43.4 Å². The van der Waals surface area contributed by atoms with Gasteiger partial charge in [0.25, 0.3) is 0 Å². The minimum absolute atomic E-state index is 0. The lowest BCUT2D eigenvalue weighted by Gasteiger charge is -2.47. The maximum atomic E-state index is 14.1. The highest BCUT2D eigenvalue weighted by molar-refractivity contribution is 5.85. The van der Waals surface area contributed by atoms with E-state index in [1.165, 1.54) is 18.2 Å². The molecule has 2 saturated heterocycles. The van der Waals surface area contributed by atoms with E-state index in [0.717, 1.165) is 62.1 Å². The van der Waals surface area contributed by atoms with Gasteiger partial charge in [-0.3, -0.25) is 9.80 Å². The number of benzene rings is 2. The molecule has 3 aliphatic rings. The lowest BCUT2D eigenvalue weighted by Crippen LogP contribution is -2.57. The van der Waals surface area contributed by atoms with Gasteiger partial charge in [0.05, 0.1) is 6.10 Å². The molecule has 0 saturated carbocycles. The third-order valence-electron chi connectivity index (χ3n) is 6.89. The molecule has 30 heavy (non-hydrogen) atoms. The molecule has 0 spiro atoms. The molecule has 1 N–H and O–H groups in total. The van der Waals surface area contributed by atoms with Crippen molar-refractivity contribution in [1.82, 2.24) is 9.80 Å². The van der Waals surface area contributed by atoms with Gasteiger partial charge in [0.15, 0.2) is 0 Å². The van der Waals surface area contributed by atoms with Crippen molar-refractivity contribution in [2.75, 3.05) is 26.2 Å². The fraction of sp³-hybridized carbons (Fsp3) is 0.478. The zero-order valence-corrected chi connectivity index (χ0v) is 18.3. The highest BCUT2D eigenvalue weighted by Gasteiger charge is 2.40. The number of piperazine rings is 1. The first kappa shape index (κ1) is 23.4. The van der Waals surface area contributed by atoms with Gasteiger partial charge in [-0.15, -0.1) is 24.8 Å². The van der Waals surface area contributed by atoms with Crippen LogP contribution in [-0.2, 0) is 0 Å². The molecule has 5 rings (SSSR count). The first-order valence-electron chi connectivity index (χ1n) is 10.3. The highest BCUT2D eigenvalue weighted by Crippen LogP contribution is 2.47. The van der Waals surface area contributed by atoms with E-state index >= 15 is 0 Å². The average Bonchev–Trinajstić information content (AvgIpc) is 3.06. The van der Waals surface area contributed by atoms with Crippen LogP contribution in [0.1, 0.15) is 47.9 Å². The summed E-state index contributed by atoms with van der Waals surface area (Å²) in [5, 5.41) is 10.1. The molecule has 2 heterocycles. The van der Waals surface area contributed by atoms with Crippen LogP contribution in [0.2, 0.25) is 0 Å². The highest BCUT2D eigenvalue weighted by atomic mass is 35.5. The van der Waals surface area contributed by atoms with Gasteiger partial charge in [-0.2, -0.15) is 0 Å². The number of halogens is 4. The Morgan fingerprint density at radius 2 is 1.50 bits per heavy atom. The molecule has 0 bridgehead atoms. The van der Waals surface area contributed by atoms with Gasteiger partial charge in [0.2, 0.25) is 0 Å². The molecule has 0 amide bonds. The summed E-state index contributed by atoms with van der Waals surface area (Å²) < 4.78 is 27.5. The molecule has 2 fully saturated rings. The van der Waals surface area contributed by atoms with E-state index in [-0.39, 0.29) is 54.5 Å². The maximum Gasteiger partial charge on any atom is 0.123 e. The summed E-state index contributed by atoms with van der Waals surface area (Å²) in [5.41, 5.74) is 3.31. The van der Waals surface area contributed by atoms with Crippen LogP contribution in [0.4, 0.5) is 8.78 Å². The largest absolute Gasteiger partial charge is 0.393 e. The second-order valence-electron chi connectivity index (χ2n) is 8.49. The lowest BCUT2D eigenvalue weighted by atomic mass is 9.93. The number of nitrogens with zero attached hydrogens (tertiary/aromatic N) is 2. The van der Waals surface area contributed by atoms with Crippen LogP contribution in [-0.4, -0.2) is 53.2 Å². The summed E-state index contributed by atoms with van der Waals surface area (Å²) >= 11 is 0. The molecule has 1 aliphatic carbocycles. The summed E-state index contributed by atoms with van der Waals surface area (Å²) in [6.45, 7) is 3.84. The number of rotatable bonds is 2. The van der Waals surface area contributed by atoms with Crippen molar-refractivity contribution < 1.29 is 13.9 Å². The van der Waals surface area contributed by atoms with E-state index in [1.807, 2.05) is 18.2 Å². The monoisotopic (exact) mass is 456 g/mol. The van der Waals surface area contributed by atoms with E-state index in [1.54, 1.807) is 6.07 Å². The molecule has 7 heteroatoms. The molecule has 3 nitrogen and oxygen atoms in total. The SMILES string of the molecule is Cl.Cl.OC1CCN2CCN(C3CC(c4ccc(F)cc4)c4ccc(F)cc43)CC2C1. The standard InChI is InChI=1S/C23H26F2N2O.2ClH/c24-16-3-1-15(2-4-16)21-13-23(22-11-17(25)5-6-20(21)22)27-10-9-26-8-7-19(28)12-18(26)14-27;;/h1-6,11,18-19,21,23,28H,7-10,12-14H2;2*1H. The Bertz CT molecular complexity index is 867. The maximum absolute atomic E-state index is 14.1. The van der Waals surface area contributed by atoms with Crippen LogP contribution in [0.5, 0.6) is 0 Å².